The van der Waals surface area contributed by atoms with Gasteiger partial charge in [0.25, 0.3) is 0 Å². The fraction of sp³-hybridized carbons (Fsp3) is 0.571. The van der Waals surface area contributed by atoms with Crippen LogP contribution in [0.1, 0.15) is 24.8 Å². The molecule has 1 aromatic carbocycles. The zero-order valence-electron chi connectivity index (χ0n) is 9.50. The van der Waals surface area contributed by atoms with E-state index in [1.165, 1.54) is 25.3 Å². The Bertz CT molecular complexity index is 422. The Morgan fingerprint density at radius 2 is 1.94 bits per heavy atom. The highest BCUT2D eigenvalue weighted by Crippen LogP contribution is 2.60. The summed E-state index contributed by atoms with van der Waals surface area (Å²) in [4.78, 5) is 0.300. The molecule has 0 spiro atoms. The predicted molar refractivity (Wildman–Crippen MR) is 67.1 cm³/mol. The highest BCUT2D eigenvalue weighted by Gasteiger charge is 2.55. The number of rotatable bonds is 3. The lowest BCUT2D eigenvalue weighted by molar-refractivity contribution is 0.492. The normalized spacial score (nSPS) is 32.3. The third-order valence-corrected chi connectivity index (χ3v) is 5.27. The summed E-state index contributed by atoms with van der Waals surface area (Å²) in [5.41, 5.74) is 0.497. The van der Waals surface area contributed by atoms with Crippen LogP contribution in [0.4, 0.5) is 8.78 Å². The first-order chi connectivity index (χ1) is 8.18. The van der Waals surface area contributed by atoms with E-state index in [9.17, 15) is 8.78 Å². The lowest BCUT2D eigenvalue weighted by Gasteiger charge is -2.12. The molecule has 92 valence electrons. The van der Waals surface area contributed by atoms with E-state index in [0.29, 0.717) is 22.7 Å². The number of alkyl halides is 1. The minimum Gasteiger partial charge on any atom is -0.204 e. The van der Waals surface area contributed by atoms with Crippen LogP contribution in [0.2, 0.25) is 0 Å². The van der Waals surface area contributed by atoms with E-state index >= 15 is 0 Å². The Hall–Kier alpha value is -0.440. The van der Waals surface area contributed by atoms with Crippen molar-refractivity contribution in [3.8, 4) is 0 Å². The van der Waals surface area contributed by atoms with Gasteiger partial charge in [0.15, 0.2) is 11.6 Å². The number of benzene rings is 1. The van der Waals surface area contributed by atoms with Crippen molar-refractivity contribution >= 4 is 15.9 Å². The van der Waals surface area contributed by atoms with Crippen molar-refractivity contribution in [2.24, 2.45) is 17.8 Å². The van der Waals surface area contributed by atoms with Gasteiger partial charge in [-0.3, -0.25) is 0 Å². The Morgan fingerprint density at radius 3 is 2.65 bits per heavy atom. The second-order valence-electron chi connectivity index (χ2n) is 5.27. The standard InChI is InChI=1S/C14H15BrF2/c15-11(13-9-4-2-5-10(9)13)7-8-3-1-6-12(16)14(8)17/h1,3,6,9-11,13H,2,4-5,7H2. The molecule has 3 atom stereocenters. The Balaban J connectivity index is 1.69. The second-order valence-corrected chi connectivity index (χ2v) is 6.45. The van der Waals surface area contributed by atoms with Crippen LogP contribution >= 0.6 is 15.9 Å². The SMILES string of the molecule is Fc1cccc(CC(Br)C2C3CCCC32)c1F. The second kappa shape index (κ2) is 4.34. The summed E-state index contributed by atoms with van der Waals surface area (Å²) in [7, 11) is 0. The summed E-state index contributed by atoms with van der Waals surface area (Å²) < 4.78 is 26.6. The molecule has 3 unspecified atom stereocenters. The van der Waals surface area contributed by atoms with Gasteiger partial charge >= 0.3 is 0 Å². The van der Waals surface area contributed by atoms with Crippen molar-refractivity contribution in [1.29, 1.82) is 0 Å². The fourth-order valence-electron chi connectivity index (χ4n) is 3.47. The first-order valence-corrected chi connectivity index (χ1v) is 7.17. The van der Waals surface area contributed by atoms with Gasteiger partial charge in [-0.05, 0) is 48.6 Å². The Kier molecular flexibility index (Phi) is 2.97. The van der Waals surface area contributed by atoms with Crippen LogP contribution in [-0.4, -0.2) is 4.83 Å². The third-order valence-electron chi connectivity index (χ3n) is 4.34. The molecule has 2 fully saturated rings. The van der Waals surface area contributed by atoms with E-state index in [0.717, 1.165) is 11.8 Å². The molecule has 1 aromatic rings. The maximum absolute atomic E-state index is 13.5. The van der Waals surface area contributed by atoms with Crippen molar-refractivity contribution in [2.45, 2.75) is 30.5 Å². The first-order valence-electron chi connectivity index (χ1n) is 6.25. The third kappa shape index (κ3) is 2.03. The van der Waals surface area contributed by atoms with Gasteiger partial charge in [-0.25, -0.2) is 8.78 Å². The van der Waals surface area contributed by atoms with Crippen molar-refractivity contribution in [1.82, 2.24) is 0 Å². The summed E-state index contributed by atoms with van der Waals surface area (Å²) in [6.07, 6.45) is 4.59. The monoisotopic (exact) mass is 300 g/mol. The van der Waals surface area contributed by atoms with Gasteiger partial charge < -0.3 is 0 Å². The summed E-state index contributed by atoms with van der Waals surface area (Å²) in [5, 5.41) is 0. The summed E-state index contributed by atoms with van der Waals surface area (Å²) >= 11 is 3.67. The van der Waals surface area contributed by atoms with Gasteiger partial charge in [0.1, 0.15) is 0 Å². The molecule has 17 heavy (non-hydrogen) atoms. The zero-order valence-corrected chi connectivity index (χ0v) is 11.1. The molecular weight excluding hydrogens is 286 g/mol. The molecule has 0 saturated heterocycles. The highest BCUT2D eigenvalue weighted by atomic mass is 79.9. The van der Waals surface area contributed by atoms with Crippen molar-refractivity contribution in [2.75, 3.05) is 0 Å². The number of halogens is 3. The average molecular weight is 301 g/mol. The van der Waals surface area contributed by atoms with Crippen molar-refractivity contribution in [3.05, 3.63) is 35.4 Å². The maximum Gasteiger partial charge on any atom is 0.162 e. The Labute approximate surface area is 109 Å². The van der Waals surface area contributed by atoms with Gasteiger partial charge in [-0.15, -0.1) is 0 Å². The summed E-state index contributed by atoms with van der Waals surface area (Å²) in [6.45, 7) is 0. The fourth-order valence-corrected chi connectivity index (χ4v) is 4.60. The van der Waals surface area contributed by atoms with Gasteiger partial charge in [0.05, 0.1) is 0 Å². The predicted octanol–water partition coefficient (Wildman–Crippen LogP) is 4.32. The molecular formula is C14H15BrF2. The van der Waals surface area contributed by atoms with E-state index in [1.807, 2.05) is 0 Å². The van der Waals surface area contributed by atoms with Crippen LogP contribution < -0.4 is 0 Å². The molecule has 0 bridgehead atoms. The minimum absolute atomic E-state index is 0.300. The highest BCUT2D eigenvalue weighted by molar-refractivity contribution is 9.09. The molecule has 0 aliphatic heterocycles. The van der Waals surface area contributed by atoms with Gasteiger partial charge in [0, 0.05) is 4.83 Å². The molecule has 2 aliphatic rings. The van der Waals surface area contributed by atoms with Gasteiger partial charge in [-0.1, -0.05) is 34.5 Å². The average Bonchev–Trinajstić information content (AvgIpc) is 2.79. The molecule has 0 nitrogen and oxygen atoms in total. The maximum atomic E-state index is 13.5. The minimum atomic E-state index is -0.738. The number of hydrogen-bond acceptors (Lipinski definition) is 0. The van der Waals surface area contributed by atoms with Crippen LogP contribution in [0.25, 0.3) is 0 Å². The van der Waals surface area contributed by atoms with Crippen LogP contribution in [0.3, 0.4) is 0 Å². The van der Waals surface area contributed by atoms with Gasteiger partial charge in [0.2, 0.25) is 0 Å². The first kappa shape index (κ1) is 11.6. The molecule has 3 rings (SSSR count). The quantitative estimate of drug-likeness (QED) is 0.730. The lowest BCUT2D eigenvalue weighted by atomic mass is 10.0. The van der Waals surface area contributed by atoms with E-state index in [4.69, 9.17) is 0 Å². The molecule has 0 heterocycles. The lowest BCUT2D eigenvalue weighted by Crippen LogP contribution is -2.11. The van der Waals surface area contributed by atoms with Crippen LogP contribution in [0, 0.1) is 29.4 Å². The van der Waals surface area contributed by atoms with Crippen molar-refractivity contribution in [3.63, 3.8) is 0 Å². The number of fused-ring (bicyclic) bond motifs is 1. The summed E-state index contributed by atoms with van der Waals surface area (Å²) in [5.74, 6) is 0.958. The topological polar surface area (TPSA) is 0 Å². The van der Waals surface area contributed by atoms with E-state index in [1.54, 1.807) is 12.1 Å². The van der Waals surface area contributed by atoms with E-state index in [-0.39, 0.29) is 0 Å². The molecule has 0 radical (unpaired) electrons. The molecule has 0 aromatic heterocycles. The van der Waals surface area contributed by atoms with E-state index in [2.05, 4.69) is 15.9 Å². The van der Waals surface area contributed by atoms with Crippen LogP contribution in [0.15, 0.2) is 18.2 Å². The van der Waals surface area contributed by atoms with Crippen LogP contribution in [-0.2, 0) is 6.42 Å². The largest absolute Gasteiger partial charge is 0.204 e. The zero-order chi connectivity index (χ0) is 12.0. The number of hydrogen-bond donors (Lipinski definition) is 0. The Morgan fingerprint density at radius 1 is 1.24 bits per heavy atom. The van der Waals surface area contributed by atoms with Crippen molar-refractivity contribution < 1.29 is 8.78 Å². The molecule has 2 aliphatic carbocycles. The van der Waals surface area contributed by atoms with E-state index < -0.39 is 11.6 Å². The van der Waals surface area contributed by atoms with Gasteiger partial charge in [-0.2, -0.15) is 0 Å². The van der Waals surface area contributed by atoms with Crippen LogP contribution in [0.5, 0.6) is 0 Å². The summed E-state index contributed by atoms with van der Waals surface area (Å²) in [6, 6.07) is 4.44. The molecule has 0 N–H and O–H groups in total. The molecule has 2 saturated carbocycles. The molecule has 3 heteroatoms. The smallest absolute Gasteiger partial charge is 0.162 e. The molecule has 0 amide bonds.